The van der Waals surface area contributed by atoms with Crippen LogP contribution in [0.1, 0.15) is 10.5 Å². The van der Waals surface area contributed by atoms with E-state index in [9.17, 15) is 22.0 Å². The highest BCUT2D eigenvalue weighted by Gasteiger charge is 2.33. The number of esters is 1. The molecule has 0 bridgehead atoms. The Morgan fingerprint density at radius 2 is 2.25 bits per heavy atom. The van der Waals surface area contributed by atoms with Gasteiger partial charge in [0.15, 0.2) is 9.90 Å². The van der Waals surface area contributed by atoms with Gasteiger partial charge < -0.3 is 9.84 Å². The Bertz CT molecular complexity index is 560. The fourth-order valence-corrected chi connectivity index (χ4v) is 4.02. The molecule has 20 heavy (non-hydrogen) atoms. The van der Waals surface area contributed by atoms with Crippen molar-refractivity contribution in [2.75, 3.05) is 26.8 Å². The minimum absolute atomic E-state index is 0.400. The van der Waals surface area contributed by atoms with Crippen LogP contribution < -0.4 is 0 Å². The zero-order valence-corrected chi connectivity index (χ0v) is 12.0. The highest BCUT2D eigenvalue weighted by molar-refractivity contribution is 7.91. The lowest BCUT2D eigenvalue weighted by Gasteiger charge is -2.20. The van der Waals surface area contributed by atoms with Crippen LogP contribution in [0.3, 0.4) is 0 Å². The molecule has 0 aliphatic carbocycles. The van der Waals surface area contributed by atoms with Crippen molar-refractivity contribution >= 4 is 27.3 Å². The quantitative estimate of drug-likeness (QED) is 0.716. The lowest BCUT2D eigenvalue weighted by Crippen LogP contribution is -2.37. The Balaban J connectivity index is 3.20. The second-order valence-corrected chi connectivity index (χ2v) is 6.45. The molecule has 1 N–H and O–H groups in total. The first kappa shape index (κ1) is 16.9. The monoisotopic (exact) mass is 330 g/mol. The van der Waals surface area contributed by atoms with Crippen molar-refractivity contribution in [1.29, 1.82) is 0 Å². The van der Waals surface area contributed by atoms with Crippen LogP contribution in [-0.4, -0.2) is 62.0 Å². The molecule has 0 amide bonds. The van der Waals surface area contributed by atoms with Gasteiger partial charge in [-0.05, 0) is 0 Å². The summed E-state index contributed by atoms with van der Waals surface area (Å²) < 4.78 is 53.5. The number of carbonyl (C=O) groups is 1. The molecule has 0 atom stereocenters. The third-order valence-corrected chi connectivity index (χ3v) is 5.39. The topological polar surface area (TPSA) is 96.8 Å². The molecule has 0 aromatic carbocycles. The van der Waals surface area contributed by atoms with E-state index in [0.717, 1.165) is 12.6 Å². The number of carbonyl (C=O) groups excluding carboxylic acids is 1. The van der Waals surface area contributed by atoms with Crippen LogP contribution in [-0.2, 0) is 14.8 Å². The Kier molecular flexibility index (Phi) is 5.92. The van der Waals surface area contributed by atoms with E-state index in [1.807, 2.05) is 0 Å². The van der Waals surface area contributed by atoms with Gasteiger partial charge in [-0.1, -0.05) is 0 Å². The van der Waals surface area contributed by atoms with Gasteiger partial charge in [-0.2, -0.15) is 4.31 Å². The summed E-state index contributed by atoms with van der Waals surface area (Å²) in [6.07, 6.45) is -2.91. The average Bonchev–Trinajstić information content (AvgIpc) is 2.86. The van der Waals surface area contributed by atoms with E-state index < -0.39 is 52.0 Å². The molecule has 0 fully saturated rings. The summed E-state index contributed by atoms with van der Waals surface area (Å²) in [7, 11) is -3.31. The number of aliphatic hydroxyl groups excluding tert-OH is 1. The lowest BCUT2D eigenvalue weighted by atomic mass is 10.5. The summed E-state index contributed by atoms with van der Waals surface area (Å²) in [6.45, 7) is -2.22. The summed E-state index contributed by atoms with van der Waals surface area (Å²) in [5, 5.41) is 8.78. The van der Waals surface area contributed by atoms with Gasteiger partial charge >= 0.3 is 5.97 Å². The maximum Gasteiger partial charge on any atom is 0.358 e. The number of methoxy groups -OCH3 is 1. The molecular weight excluding hydrogens is 318 g/mol. The van der Waals surface area contributed by atoms with Crippen LogP contribution in [0.5, 0.6) is 0 Å². The minimum atomic E-state index is -4.35. The van der Waals surface area contributed by atoms with E-state index in [2.05, 4.69) is 9.72 Å². The number of alkyl halides is 2. The summed E-state index contributed by atoms with van der Waals surface area (Å²) >= 11 is 0.613. The normalized spacial score (nSPS) is 12.1. The van der Waals surface area contributed by atoms with Crippen molar-refractivity contribution in [1.82, 2.24) is 9.29 Å². The zero-order chi connectivity index (χ0) is 15.3. The maximum atomic E-state index is 12.4. The van der Waals surface area contributed by atoms with E-state index >= 15 is 0 Å². The Morgan fingerprint density at radius 1 is 1.60 bits per heavy atom. The maximum absolute atomic E-state index is 12.4. The molecule has 0 radical (unpaired) electrons. The largest absolute Gasteiger partial charge is 0.464 e. The number of halogens is 2. The molecule has 1 heterocycles. The smallest absolute Gasteiger partial charge is 0.358 e. The van der Waals surface area contributed by atoms with Gasteiger partial charge in [0.2, 0.25) is 0 Å². The van der Waals surface area contributed by atoms with Crippen LogP contribution in [0.15, 0.2) is 9.72 Å². The van der Waals surface area contributed by atoms with Crippen molar-refractivity contribution in [3.63, 3.8) is 0 Å². The van der Waals surface area contributed by atoms with Crippen molar-refractivity contribution in [2.24, 2.45) is 0 Å². The fraction of sp³-hybridized carbons (Fsp3) is 0.556. The molecule has 0 saturated carbocycles. The van der Waals surface area contributed by atoms with Crippen LogP contribution >= 0.6 is 11.3 Å². The average molecular weight is 330 g/mol. The van der Waals surface area contributed by atoms with Crippen LogP contribution in [0.25, 0.3) is 0 Å². The molecule has 11 heteroatoms. The third kappa shape index (κ3) is 3.69. The molecule has 114 valence electrons. The SMILES string of the molecule is COC(=O)c1ncsc1S(=O)(=O)N(CCO)CC(F)F. The van der Waals surface area contributed by atoms with E-state index in [0.29, 0.717) is 15.6 Å². The molecule has 0 aliphatic heterocycles. The molecule has 1 rings (SSSR count). The van der Waals surface area contributed by atoms with Gasteiger partial charge in [0.05, 0.1) is 25.8 Å². The predicted molar refractivity (Wildman–Crippen MR) is 65.3 cm³/mol. The number of sulfonamides is 1. The van der Waals surface area contributed by atoms with Gasteiger partial charge in [0, 0.05) is 6.54 Å². The molecule has 1 aromatic rings. The first-order valence-corrected chi connectivity index (χ1v) is 7.57. The van der Waals surface area contributed by atoms with E-state index in [1.54, 1.807) is 0 Å². The van der Waals surface area contributed by atoms with Crippen LogP contribution in [0, 0.1) is 0 Å². The fourth-order valence-electron chi connectivity index (χ4n) is 1.34. The molecular formula is C9H12F2N2O5S2. The second kappa shape index (κ2) is 7.02. The first-order valence-electron chi connectivity index (χ1n) is 5.25. The molecule has 7 nitrogen and oxygen atoms in total. The number of thiazole rings is 1. The summed E-state index contributed by atoms with van der Waals surface area (Å²) in [4.78, 5) is 14.9. The Labute approximate surface area is 117 Å². The van der Waals surface area contributed by atoms with Crippen LogP contribution in [0.2, 0.25) is 0 Å². The molecule has 0 unspecified atom stereocenters. The molecule has 0 aliphatic rings. The van der Waals surface area contributed by atoms with Gasteiger partial charge in [-0.15, -0.1) is 11.3 Å². The number of aliphatic hydroxyl groups is 1. The highest BCUT2D eigenvalue weighted by Crippen LogP contribution is 2.25. The summed E-state index contributed by atoms with van der Waals surface area (Å²) in [5.74, 6) is -0.981. The van der Waals surface area contributed by atoms with Crippen molar-refractivity contribution < 1.29 is 31.8 Å². The first-order chi connectivity index (χ1) is 9.34. The molecule has 0 spiro atoms. The van der Waals surface area contributed by atoms with Gasteiger partial charge in [-0.25, -0.2) is 27.0 Å². The number of nitrogens with zero attached hydrogens (tertiary/aromatic N) is 2. The minimum Gasteiger partial charge on any atom is -0.464 e. The third-order valence-electron chi connectivity index (χ3n) is 2.18. The number of aromatic nitrogens is 1. The molecule has 1 aromatic heterocycles. The lowest BCUT2D eigenvalue weighted by molar-refractivity contribution is 0.0590. The predicted octanol–water partition coefficient (Wildman–Crippen LogP) is 0.178. The van der Waals surface area contributed by atoms with E-state index in [1.165, 1.54) is 0 Å². The summed E-state index contributed by atoms with van der Waals surface area (Å²) in [5.41, 5.74) is 0.633. The number of hydrogen-bond acceptors (Lipinski definition) is 7. The van der Waals surface area contributed by atoms with Gasteiger partial charge in [-0.3, -0.25) is 0 Å². The van der Waals surface area contributed by atoms with Crippen molar-refractivity contribution in [3.8, 4) is 0 Å². The second-order valence-electron chi connectivity index (χ2n) is 3.46. The van der Waals surface area contributed by atoms with E-state index in [4.69, 9.17) is 5.11 Å². The Morgan fingerprint density at radius 3 is 2.75 bits per heavy atom. The zero-order valence-electron chi connectivity index (χ0n) is 10.3. The number of hydrogen-bond donors (Lipinski definition) is 1. The Hall–Kier alpha value is -1.17. The summed E-state index contributed by atoms with van der Waals surface area (Å²) in [6, 6.07) is 0. The van der Waals surface area contributed by atoms with Gasteiger partial charge in [0.1, 0.15) is 0 Å². The number of rotatable bonds is 7. The molecule has 0 saturated heterocycles. The highest BCUT2D eigenvalue weighted by atomic mass is 32.2. The van der Waals surface area contributed by atoms with Crippen LogP contribution in [0.4, 0.5) is 8.78 Å². The van der Waals surface area contributed by atoms with Crippen molar-refractivity contribution in [3.05, 3.63) is 11.2 Å². The van der Waals surface area contributed by atoms with Crippen molar-refractivity contribution in [2.45, 2.75) is 10.6 Å². The number of ether oxygens (including phenoxy) is 1. The van der Waals surface area contributed by atoms with Gasteiger partial charge in [0.25, 0.3) is 16.4 Å². The standard InChI is InChI=1S/C9H12F2N2O5S2/c1-18-8(15)7-9(19-5-12-7)20(16,17)13(2-3-14)4-6(10)11/h5-6,14H,2-4H2,1H3. The van der Waals surface area contributed by atoms with E-state index in [-0.39, 0.29) is 0 Å².